The average Bonchev–Trinajstić information content (AvgIpc) is 2.43. The van der Waals surface area contributed by atoms with E-state index in [4.69, 9.17) is 5.73 Å². The van der Waals surface area contributed by atoms with Crippen LogP contribution in [0.3, 0.4) is 0 Å². The first-order chi connectivity index (χ1) is 6.59. The van der Waals surface area contributed by atoms with E-state index in [1.165, 1.54) is 12.1 Å². The maximum absolute atomic E-state index is 10.8. The molecular formula is C7H4N4O3. The van der Waals surface area contributed by atoms with Gasteiger partial charge in [0, 0.05) is 0 Å². The van der Waals surface area contributed by atoms with Gasteiger partial charge in [0.1, 0.15) is 11.0 Å². The Morgan fingerprint density at radius 2 is 2.07 bits per heavy atom. The highest BCUT2D eigenvalue weighted by Gasteiger charge is 2.20. The molecule has 0 unspecified atom stereocenters. The fraction of sp³-hybridized carbons (Fsp3) is 0. The molecular weight excluding hydrogens is 188 g/mol. The first-order valence-corrected chi connectivity index (χ1v) is 3.64. The summed E-state index contributed by atoms with van der Waals surface area (Å²) in [7, 11) is 0. The van der Waals surface area contributed by atoms with Gasteiger partial charge in [-0.15, -0.1) is 0 Å². The van der Waals surface area contributed by atoms with Crippen molar-refractivity contribution in [2.45, 2.75) is 0 Å². The molecule has 0 spiro atoms. The summed E-state index contributed by atoms with van der Waals surface area (Å²) in [5, 5.41) is 10.7. The number of nitro groups is 1. The Hall–Kier alpha value is -2.31. The lowest BCUT2D eigenvalue weighted by Gasteiger charge is -1.93. The highest BCUT2D eigenvalue weighted by Crippen LogP contribution is 2.13. The fourth-order valence-corrected chi connectivity index (χ4v) is 1.20. The predicted molar refractivity (Wildman–Crippen MR) is 45.2 cm³/mol. The van der Waals surface area contributed by atoms with E-state index in [1.54, 1.807) is 0 Å². The van der Waals surface area contributed by atoms with Crippen LogP contribution in [0.15, 0.2) is 22.1 Å². The number of hydrogen-bond acceptors (Lipinski definition) is 4. The third-order valence-electron chi connectivity index (χ3n) is 1.77. The number of amides is 2. The first kappa shape index (κ1) is 8.30. The Bertz CT molecular complexity index is 563. The molecule has 0 fully saturated rings. The van der Waals surface area contributed by atoms with Crippen LogP contribution >= 0.6 is 0 Å². The van der Waals surface area contributed by atoms with Crippen LogP contribution in [0.5, 0.6) is 0 Å². The van der Waals surface area contributed by atoms with Crippen LogP contribution in [0, 0.1) is 10.1 Å². The molecule has 0 bridgehead atoms. The molecule has 1 aliphatic rings. The van der Waals surface area contributed by atoms with E-state index in [0.29, 0.717) is 0 Å². The van der Waals surface area contributed by atoms with Crippen LogP contribution in [0.25, 0.3) is 0 Å². The van der Waals surface area contributed by atoms with Gasteiger partial charge in [0.05, 0.1) is 4.92 Å². The van der Waals surface area contributed by atoms with Gasteiger partial charge in [0.15, 0.2) is 5.36 Å². The van der Waals surface area contributed by atoms with E-state index in [1.807, 2.05) is 0 Å². The Labute approximate surface area is 76.7 Å². The number of hydrogen-bond donors (Lipinski definition) is 1. The van der Waals surface area contributed by atoms with Gasteiger partial charge in [0.2, 0.25) is 0 Å². The largest absolute Gasteiger partial charge is 0.393 e. The lowest BCUT2D eigenvalue weighted by atomic mass is 10.2. The van der Waals surface area contributed by atoms with Crippen LogP contribution in [0.1, 0.15) is 0 Å². The molecule has 0 aliphatic carbocycles. The van der Waals surface area contributed by atoms with Crippen LogP contribution < -0.4 is 16.4 Å². The summed E-state index contributed by atoms with van der Waals surface area (Å²) in [4.78, 5) is 27.6. The van der Waals surface area contributed by atoms with Crippen molar-refractivity contribution in [2.75, 3.05) is 5.73 Å². The highest BCUT2D eigenvalue weighted by atomic mass is 16.6. The standard InChI is InChI=1S/C7H4N4O3/c8-3-1-2-4-5(6(3)11(13)14)10-7(12)9-4/h1-2H,8H2. The molecule has 7 nitrogen and oxygen atoms in total. The van der Waals surface area contributed by atoms with E-state index >= 15 is 0 Å². The number of nitro benzene ring substituents is 1. The summed E-state index contributed by atoms with van der Waals surface area (Å²) in [5.74, 6) is 0. The second-order valence-corrected chi connectivity index (χ2v) is 2.63. The van der Waals surface area contributed by atoms with Crippen molar-refractivity contribution < 1.29 is 9.72 Å². The van der Waals surface area contributed by atoms with Crippen LogP contribution in [0.4, 0.5) is 16.2 Å². The van der Waals surface area contributed by atoms with Gasteiger partial charge in [-0.25, -0.2) is 4.79 Å². The third kappa shape index (κ3) is 1.03. The Kier molecular flexibility index (Phi) is 1.53. The van der Waals surface area contributed by atoms with Crippen LogP contribution in [0.2, 0.25) is 0 Å². The second kappa shape index (κ2) is 2.59. The van der Waals surface area contributed by atoms with Gasteiger partial charge >= 0.3 is 11.7 Å². The Morgan fingerprint density at radius 1 is 1.36 bits per heavy atom. The average molecular weight is 192 g/mol. The number of nitrogens with two attached hydrogens (primary N) is 1. The van der Waals surface area contributed by atoms with E-state index < -0.39 is 11.0 Å². The van der Waals surface area contributed by atoms with E-state index in [2.05, 4.69) is 9.98 Å². The molecule has 2 N–H and O–H groups in total. The van der Waals surface area contributed by atoms with Gasteiger partial charge in [-0.1, -0.05) is 0 Å². The van der Waals surface area contributed by atoms with Gasteiger partial charge < -0.3 is 5.73 Å². The minimum atomic E-state index is -0.742. The van der Waals surface area contributed by atoms with Crippen molar-refractivity contribution >= 4 is 17.4 Å². The summed E-state index contributed by atoms with van der Waals surface area (Å²) in [6.45, 7) is 0. The molecule has 2 rings (SSSR count). The monoisotopic (exact) mass is 192 g/mol. The molecule has 0 atom stereocenters. The molecule has 0 aromatic heterocycles. The zero-order chi connectivity index (χ0) is 10.3. The summed E-state index contributed by atoms with van der Waals surface area (Å²) < 4.78 is 0. The predicted octanol–water partition coefficient (Wildman–Crippen LogP) is -0.450. The number of nitrogen functional groups attached to an aromatic ring is 1. The normalized spacial score (nSPS) is 13.0. The van der Waals surface area contributed by atoms with Crippen molar-refractivity contribution in [3.05, 3.63) is 33.0 Å². The van der Waals surface area contributed by atoms with Gasteiger partial charge in [0.25, 0.3) is 0 Å². The third-order valence-corrected chi connectivity index (χ3v) is 1.77. The van der Waals surface area contributed by atoms with Gasteiger partial charge in [-0.2, -0.15) is 9.98 Å². The molecule has 14 heavy (non-hydrogen) atoms. The number of carbonyl (C=O) groups excluding carboxylic acids is 1. The van der Waals surface area contributed by atoms with E-state index in [-0.39, 0.29) is 22.1 Å². The van der Waals surface area contributed by atoms with Crippen molar-refractivity contribution in [3.63, 3.8) is 0 Å². The smallest absolute Gasteiger partial charge is 0.368 e. The molecule has 0 saturated carbocycles. The topological polar surface area (TPSA) is 111 Å². The molecule has 1 aromatic rings. The number of benzene rings is 1. The van der Waals surface area contributed by atoms with E-state index in [9.17, 15) is 14.9 Å². The van der Waals surface area contributed by atoms with Crippen LogP contribution in [-0.2, 0) is 0 Å². The van der Waals surface area contributed by atoms with Crippen LogP contribution in [-0.4, -0.2) is 11.0 Å². The molecule has 7 heteroatoms. The zero-order valence-corrected chi connectivity index (χ0v) is 6.80. The number of rotatable bonds is 1. The summed E-state index contributed by atoms with van der Waals surface area (Å²) >= 11 is 0. The number of nitrogens with zero attached hydrogens (tertiary/aromatic N) is 3. The van der Waals surface area contributed by atoms with Crippen molar-refractivity contribution in [1.29, 1.82) is 0 Å². The lowest BCUT2D eigenvalue weighted by molar-refractivity contribution is -0.385. The van der Waals surface area contributed by atoms with Crippen molar-refractivity contribution in [1.82, 2.24) is 0 Å². The van der Waals surface area contributed by atoms with Gasteiger partial charge in [-0.3, -0.25) is 10.1 Å². The molecule has 0 radical (unpaired) electrons. The molecule has 1 aliphatic heterocycles. The molecule has 70 valence electrons. The first-order valence-electron chi connectivity index (χ1n) is 3.64. The minimum absolute atomic E-state index is 0.0256. The molecule has 1 aromatic carbocycles. The Morgan fingerprint density at radius 3 is 2.71 bits per heavy atom. The highest BCUT2D eigenvalue weighted by molar-refractivity contribution is 5.78. The maximum Gasteiger partial charge on any atom is 0.368 e. The fourth-order valence-electron chi connectivity index (χ4n) is 1.20. The number of carbonyl (C=O) groups is 1. The van der Waals surface area contributed by atoms with Crippen molar-refractivity contribution in [2.24, 2.45) is 9.98 Å². The summed E-state index contributed by atoms with van der Waals surface area (Å²) in [6.07, 6.45) is 0. The second-order valence-electron chi connectivity index (χ2n) is 2.63. The van der Waals surface area contributed by atoms with E-state index in [0.717, 1.165) is 0 Å². The zero-order valence-electron chi connectivity index (χ0n) is 6.80. The quantitative estimate of drug-likeness (QED) is 0.369. The van der Waals surface area contributed by atoms with Gasteiger partial charge in [-0.05, 0) is 12.1 Å². The Balaban J connectivity index is 2.94. The SMILES string of the molecule is Nc1ccc2c(c1[N+](=O)[O-])=NC(=O)N=2. The lowest BCUT2D eigenvalue weighted by Crippen LogP contribution is -2.25. The number of fused-ring (bicyclic) bond motifs is 1. The molecule has 2 amide bonds. The molecule has 1 heterocycles. The summed E-state index contributed by atoms with van der Waals surface area (Å²) in [6, 6.07) is 2.01. The summed E-state index contributed by atoms with van der Waals surface area (Å²) in [5.41, 5.74) is 5.00. The van der Waals surface area contributed by atoms with Crippen molar-refractivity contribution in [3.8, 4) is 0 Å². The maximum atomic E-state index is 10.8. The minimum Gasteiger partial charge on any atom is -0.393 e. The number of urea groups is 1. The molecule has 0 saturated heterocycles. The number of anilines is 1.